The first kappa shape index (κ1) is 14.4. The quantitative estimate of drug-likeness (QED) is 0.567. The van der Waals surface area contributed by atoms with Crippen LogP contribution in [0.1, 0.15) is 5.82 Å². The van der Waals surface area contributed by atoms with E-state index in [0.29, 0.717) is 5.56 Å². The Balaban J connectivity index is 1.76. The van der Waals surface area contributed by atoms with Gasteiger partial charge in [-0.3, -0.25) is 4.40 Å². The predicted octanol–water partition coefficient (Wildman–Crippen LogP) is 3.00. The van der Waals surface area contributed by atoms with Crippen molar-refractivity contribution in [3.05, 3.63) is 61.1 Å². The monoisotopic (exact) mass is 330 g/mol. The third kappa shape index (κ3) is 2.39. The third-order valence-corrected chi connectivity index (χ3v) is 3.54. The van der Waals surface area contributed by atoms with Crippen molar-refractivity contribution >= 4 is 5.65 Å². The van der Waals surface area contributed by atoms with Gasteiger partial charge in [-0.25, -0.2) is 9.67 Å². The van der Waals surface area contributed by atoms with E-state index in [0.717, 1.165) is 15.7 Å². The van der Waals surface area contributed by atoms with Crippen LogP contribution in [0.3, 0.4) is 0 Å². The Bertz CT molecular complexity index is 986. The topological polar surface area (TPSA) is 60.9 Å². The van der Waals surface area contributed by atoms with E-state index < -0.39 is 12.0 Å². The number of benzene rings is 1. The van der Waals surface area contributed by atoms with Crippen LogP contribution in [-0.4, -0.2) is 29.4 Å². The van der Waals surface area contributed by atoms with Gasteiger partial charge in [0.05, 0.1) is 5.69 Å². The SMILES string of the molecule is FC(F)(F)c1nnc2ccc(-c3ccc(-n4cncn4)cc3)cn12. The molecule has 0 unspecified atom stereocenters. The summed E-state index contributed by atoms with van der Waals surface area (Å²) in [5.74, 6) is -1.04. The molecule has 0 atom stereocenters. The van der Waals surface area contributed by atoms with Crippen LogP contribution in [0.5, 0.6) is 0 Å². The Labute approximate surface area is 133 Å². The normalized spacial score (nSPS) is 12.0. The standard InChI is InChI=1S/C15H9F3N6/c16-15(17,18)14-22-21-13-6-3-11(7-23(13)14)10-1-4-12(5-2-10)24-9-19-8-20-24/h1-9H. The smallest absolute Gasteiger partial charge is 0.278 e. The molecule has 120 valence electrons. The zero-order valence-corrected chi connectivity index (χ0v) is 12.0. The molecule has 0 saturated heterocycles. The van der Waals surface area contributed by atoms with Crippen LogP contribution in [-0.2, 0) is 6.18 Å². The maximum atomic E-state index is 13.0. The van der Waals surface area contributed by atoms with Crippen molar-refractivity contribution in [2.24, 2.45) is 0 Å². The molecule has 0 N–H and O–H groups in total. The van der Waals surface area contributed by atoms with Gasteiger partial charge >= 0.3 is 6.18 Å². The molecule has 4 rings (SSSR count). The summed E-state index contributed by atoms with van der Waals surface area (Å²) in [6, 6.07) is 10.4. The van der Waals surface area contributed by atoms with Crippen molar-refractivity contribution in [2.45, 2.75) is 6.18 Å². The Hall–Kier alpha value is -3.23. The van der Waals surface area contributed by atoms with E-state index in [4.69, 9.17) is 0 Å². The molecule has 0 aliphatic heterocycles. The van der Waals surface area contributed by atoms with Gasteiger partial charge in [0.2, 0.25) is 5.82 Å². The third-order valence-electron chi connectivity index (χ3n) is 3.54. The molecule has 0 fully saturated rings. The average Bonchev–Trinajstić information content (AvgIpc) is 3.23. The molecule has 3 aromatic heterocycles. The molecule has 0 radical (unpaired) electrons. The number of fused-ring (bicyclic) bond motifs is 1. The van der Waals surface area contributed by atoms with Gasteiger partial charge in [-0.05, 0) is 35.4 Å². The van der Waals surface area contributed by atoms with E-state index >= 15 is 0 Å². The van der Waals surface area contributed by atoms with Crippen molar-refractivity contribution < 1.29 is 13.2 Å². The highest BCUT2D eigenvalue weighted by Gasteiger charge is 2.36. The number of halogens is 3. The van der Waals surface area contributed by atoms with Crippen LogP contribution in [0.4, 0.5) is 13.2 Å². The second kappa shape index (κ2) is 5.15. The van der Waals surface area contributed by atoms with Gasteiger partial charge in [-0.2, -0.15) is 18.3 Å². The second-order valence-corrected chi connectivity index (χ2v) is 5.05. The molecule has 6 nitrogen and oxygen atoms in total. The first-order valence-corrected chi connectivity index (χ1v) is 6.90. The lowest BCUT2D eigenvalue weighted by atomic mass is 10.1. The van der Waals surface area contributed by atoms with Gasteiger partial charge < -0.3 is 0 Å². The second-order valence-electron chi connectivity index (χ2n) is 5.05. The fourth-order valence-corrected chi connectivity index (χ4v) is 2.40. The first-order valence-electron chi connectivity index (χ1n) is 6.90. The Kier molecular flexibility index (Phi) is 3.08. The fraction of sp³-hybridized carbons (Fsp3) is 0.0667. The fourth-order valence-electron chi connectivity index (χ4n) is 2.40. The van der Waals surface area contributed by atoms with Crippen LogP contribution < -0.4 is 0 Å². The summed E-state index contributed by atoms with van der Waals surface area (Å²) < 4.78 is 41.4. The highest BCUT2D eigenvalue weighted by atomic mass is 19.4. The lowest BCUT2D eigenvalue weighted by Gasteiger charge is -2.07. The first-order chi connectivity index (χ1) is 11.5. The largest absolute Gasteiger partial charge is 0.452 e. The summed E-state index contributed by atoms with van der Waals surface area (Å²) in [5.41, 5.74) is 2.34. The maximum absolute atomic E-state index is 13.0. The highest BCUT2D eigenvalue weighted by Crippen LogP contribution is 2.29. The molecule has 24 heavy (non-hydrogen) atoms. The van der Waals surface area contributed by atoms with Crippen molar-refractivity contribution in [1.29, 1.82) is 0 Å². The van der Waals surface area contributed by atoms with Gasteiger partial charge in [-0.1, -0.05) is 12.1 Å². The number of rotatable bonds is 2. The molecule has 0 saturated carbocycles. The van der Waals surface area contributed by atoms with E-state index in [9.17, 15) is 13.2 Å². The molecular weight excluding hydrogens is 321 g/mol. The van der Waals surface area contributed by atoms with E-state index in [1.54, 1.807) is 29.2 Å². The van der Waals surface area contributed by atoms with Crippen LogP contribution in [0, 0.1) is 0 Å². The summed E-state index contributed by atoms with van der Waals surface area (Å²) in [6.07, 6.45) is -0.196. The number of pyridine rings is 1. The molecule has 4 aromatic rings. The Morgan fingerprint density at radius 2 is 1.62 bits per heavy atom. The molecule has 0 spiro atoms. The minimum absolute atomic E-state index is 0.144. The summed E-state index contributed by atoms with van der Waals surface area (Å²) in [7, 11) is 0. The number of aromatic nitrogens is 6. The van der Waals surface area contributed by atoms with Gasteiger partial charge in [0.25, 0.3) is 0 Å². The van der Waals surface area contributed by atoms with E-state index in [1.807, 2.05) is 12.1 Å². The molecule has 0 bridgehead atoms. The minimum atomic E-state index is -4.56. The molecule has 0 aliphatic rings. The minimum Gasteiger partial charge on any atom is -0.278 e. The molecule has 0 amide bonds. The molecule has 1 aromatic carbocycles. The van der Waals surface area contributed by atoms with E-state index in [1.165, 1.54) is 18.6 Å². The van der Waals surface area contributed by atoms with Crippen molar-refractivity contribution in [3.8, 4) is 16.8 Å². The van der Waals surface area contributed by atoms with Crippen LogP contribution >= 0.6 is 0 Å². The van der Waals surface area contributed by atoms with E-state index in [-0.39, 0.29) is 5.65 Å². The van der Waals surface area contributed by atoms with Crippen LogP contribution in [0.15, 0.2) is 55.2 Å². The van der Waals surface area contributed by atoms with Gasteiger partial charge in [0, 0.05) is 6.20 Å². The number of hydrogen-bond donors (Lipinski definition) is 0. The van der Waals surface area contributed by atoms with Crippen molar-refractivity contribution in [1.82, 2.24) is 29.4 Å². The predicted molar refractivity (Wildman–Crippen MR) is 78.3 cm³/mol. The Morgan fingerprint density at radius 3 is 2.29 bits per heavy atom. The zero-order chi connectivity index (χ0) is 16.7. The summed E-state index contributed by atoms with van der Waals surface area (Å²) >= 11 is 0. The summed E-state index contributed by atoms with van der Waals surface area (Å²) in [5, 5.41) is 10.8. The van der Waals surface area contributed by atoms with Gasteiger partial charge in [-0.15, -0.1) is 10.2 Å². The molecule has 0 aliphatic carbocycles. The Morgan fingerprint density at radius 1 is 0.875 bits per heavy atom. The number of hydrogen-bond acceptors (Lipinski definition) is 4. The summed E-state index contributed by atoms with van der Waals surface area (Å²) in [6.45, 7) is 0. The lowest BCUT2D eigenvalue weighted by molar-refractivity contribution is -0.145. The summed E-state index contributed by atoms with van der Waals surface area (Å²) in [4.78, 5) is 3.87. The van der Waals surface area contributed by atoms with Gasteiger partial charge in [0.15, 0.2) is 5.65 Å². The molecular formula is C15H9F3N6. The van der Waals surface area contributed by atoms with Gasteiger partial charge in [0.1, 0.15) is 12.7 Å². The molecule has 3 heterocycles. The molecule has 9 heteroatoms. The van der Waals surface area contributed by atoms with Crippen LogP contribution in [0.25, 0.3) is 22.5 Å². The van der Waals surface area contributed by atoms with E-state index in [2.05, 4.69) is 20.3 Å². The zero-order valence-electron chi connectivity index (χ0n) is 12.0. The number of alkyl halides is 3. The van der Waals surface area contributed by atoms with Crippen molar-refractivity contribution in [3.63, 3.8) is 0 Å². The number of nitrogens with zero attached hydrogens (tertiary/aromatic N) is 6. The van der Waals surface area contributed by atoms with Crippen LogP contribution in [0.2, 0.25) is 0 Å². The van der Waals surface area contributed by atoms with Crippen molar-refractivity contribution in [2.75, 3.05) is 0 Å². The highest BCUT2D eigenvalue weighted by molar-refractivity contribution is 5.65. The lowest BCUT2D eigenvalue weighted by Crippen LogP contribution is -2.10. The average molecular weight is 330 g/mol. The maximum Gasteiger partial charge on any atom is 0.452 e.